The molecule has 0 unspecified atom stereocenters. The third-order valence-corrected chi connectivity index (χ3v) is 11.5. The number of nitro benzene ring substituents is 1. The second kappa shape index (κ2) is 12.4. The van der Waals surface area contributed by atoms with Crippen molar-refractivity contribution < 1.29 is 29.2 Å². The topological polar surface area (TPSA) is 138 Å². The van der Waals surface area contributed by atoms with E-state index in [4.69, 9.17) is 11.6 Å². The first kappa shape index (κ1) is 33.3. The van der Waals surface area contributed by atoms with E-state index in [-0.39, 0.29) is 30.0 Å². The second-order valence-corrected chi connectivity index (χ2v) is 14.2. The van der Waals surface area contributed by atoms with E-state index in [1.807, 2.05) is 36.4 Å². The van der Waals surface area contributed by atoms with Crippen molar-refractivity contribution >= 4 is 52.3 Å². The van der Waals surface area contributed by atoms with Crippen LogP contribution in [0.2, 0.25) is 5.02 Å². The molecule has 260 valence electrons. The number of hydrogen-bond acceptors (Lipinski definition) is 7. The SMILES string of the molecule is C=CCc1cccc([C@H]2C3=CC[C@@H]4C(=O)N(c5ccc([N+](=O)[O-])cc5)C(=O)[C@@H]4[C@@H]3C[C@H]3C(=O)N(c4cccc(Cl)c4)C(=O)[C@@]23c2ccccc2)c1O. The van der Waals surface area contributed by atoms with Crippen LogP contribution in [0.4, 0.5) is 17.1 Å². The Balaban J connectivity index is 1.35. The highest BCUT2D eigenvalue weighted by molar-refractivity contribution is 6.32. The van der Waals surface area contributed by atoms with Gasteiger partial charge in [0.2, 0.25) is 23.6 Å². The van der Waals surface area contributed by atoms with Crippen molar-refractivity contribution in [1.29, 1.82) is 0 Å². The number of carbonyl (C=O) groups is 4. The van der Waals surface area contributed by atoms with Crippen LogP contribution < -0.4 is 9.80 Å². The molecule has 0 spiro atoms. The van der Waals surface area contributed by atoms with Gasteiger partial charge in [0.05, 0.1) is 39.5 Å². The van der Waals surface area contributed by atoms with E-state index in [1.165, 1.54) is 29.2 Å². The predicted molar refractivity (Wildman–Crippen MR) is 194 cm³/mol. The van der Waals surface area contributed by atoms with Crippen molar-refractivity contribution in [1.82, 2.24) is 0 Å². The molecular weight excluding hydrogens is 682 g/mol. The van der Waals surface area contributed by atoms with Crippen LogP contribution in [0.1, 0.15) is 35.4 Å². The first-order chi connectivity index (χ1) is 25.1. The molecule has 1 N–H and O–H groups in total. The Hall–Kier alpha value is -5.87. The van der Waals surface area contributed by atoms with Gasteiger partial charge in [-0.05, 0) is 66.6 Å². The molecule has 4 aromatic carbocycles. The van der Waals surface area contributed by atoms with Gasteiger partial charge in [0.25, 0.3) is 5.69 Å². The maximum atomic E-state index is 15.4. The van der Waals surface area contributed by atoms with E-state index in [1.54, 1.807) is 48.5 Å². The van der Waals surface area contributed by atoms with Crippen LogP contribution >= 0.6 is 11.6 Å². The molecule has 2 saturated heterocycles. The third kappa shape index (κ3) is 4.70. The van der Waals surface area contributed by atoms with Crippen LogP contribution in [-0.4, -0.2) is 33.7 Å². The Labute approximate surface area is 303 Å². The average molecular weight is 714 g/mol. The van der Waals surface area contributed by atoms with E-state index in [0.717, 1.165) is 4.90 Å². The van der Waals surface area contributed by atoms with Gasteiger partial charge >= 0.3 is 0 Å². The number of phenols is 1. The van der Waals surface area contributed by atoms with Crippen molar-refractivity contribution in [3.05, 3.63) is 153 Å². The number of para-hydroxylation sites is 1. The average Bonchev–Trinajstić information content (AvgIpc) is 3.53. The summed E-state index contributed by atoms with van der Waals surface area (Å²) >= 11 is 6.39. The molecule has 0 aromatic heterocycles. The zero-order chi connectivity index (χ0) is 36.5. The molecule has 2 heterocycles. The molecule has 4 aromatic rings. The molecular formula is C41H32ClN3O7. The maximum absolute atomic E-state index is 15.4. The monoisotopic (exact) mass is 713 g/mol. The molecule has 0 radical (unpaired) electrons. The minimum absolute atomic E-state index is 0.0343. The highest BCUT2D eigenvalue weighted by Crippen LogP contribution is 2.65. The lowest BCUT2D eigenvalue weighted by molar-refractivity contribution is -0.384. The van der Waals surface area contributed by atoms with Crippen LogP contribution in [0.5, 0.6) is 5.75 Å². The summed E-state index contributed by atoms with van der Waals surface area (Å²) < 4.78 is 0. The fourth-order valence-electron chi connectivity index (χ4n) is 9.23. The number of anilines is 2. The van der Waals surface area contributed by atoms with Crippen LogP contribution in [-0.2, 0) is 31.0 Å². The van der Waals surface area contributed by atoms with Gasteiger partial charge in [-0.15, -0.1) is 6.58 Å². The van der Waals surface area contributed by atoms with E-state index >= 15 is 4.79 Å². The van der Waals surface area contributed by atoms with Crippen LogP contribution in [0.3, 0.4) is 0 Å². The molecule has 52 heavy (non-hydrogen) atoms. The molecule has 2 aliphatic carbocycles. The molecule has 0 bridgehead atoms. The first-order valence-electron chi connectivity index (χ1n) is 17.0. The van der Waals surface area contributed by atoms with Gasteiger partial charge in [0, 0.05) is 28.6 Å². The number of phenolic OH excluding ortho intramolecular Hbond substituents is 1. The number of nitro groups is 1. The Morgan fingerprint density at radius 1 is 0.865 bits per heavy atom. The normalized spacial score (nSPS) is 26.5. The lowest BCUT2D eigenvalue weighted by Crippen LogP contribution is -2.53. The minimum Gasteiger partial charge on any atom is -0.507 e. The summed E-state index contributed by atoms with van der Waals surface area (Å²) in [7, 11) is 0. The van der Waals surface area contributed by atoms with Crippen molar-refractivity contribution in [2.75, 3.05) is 9.80 Å². The molecule has 4 aliphatic rings. The molecule has 10 nitrogen and oxygen atoms in total. The Bertz CT molecular complexity index is 2240. The van der Waals surface area contributed by atoms with E-state index in [9.17, 15) is 29.6 Å². The van der Waals surface area contributed by atoms with Gasteiger partial charge in [-0.1, -0.05) is 83.9 Å². The minimum atomic E-state index is -1.54. The smallest absolute Gasteiger partial charge is 0.269 e. The Morgan fingerprint density at radius 3 is 2.29 bits per heavy atom. The number of hydrogen-bond donors (Lipinski definition) is 1. The molecule has 1 saturated carbocycles. The summed E-state index contributed by atoms with van der Waals surface area (Å²) in [6.45, 7) is 3.84. The highest BCUT2D eigenvalue weighted by atomic mass is 35.5. The van der Waals surface area contributed by atoms with Gasteiger partial charge < -0.3 is 5.11 Å². The standard InChI is InChI=1S/C41H32ClN3O7/c1-2-8-23-9-6-14-31(36(23)46)35-29-19-20-30-34(39(49)43(37(30)47)26-15-17-27(18-16-26)45(51)52)32(29)22-33-38(48)44(28-13-7-12-25(42)21-28)40(50)41(33,35)24-10-4-3-5-11-24/h2-7,9-19,21,30,32-35,46H,1,8,20,22H2/t30-,32+,33-,34-,35+,41+/m0/s1. The van der Waals surface area contributed by atoms with Gasteiger partial charge in [0.15, 0.2) is 0 Å². The summed E-state index contributed by atoms with van der Waals surface area (Å²) in [5.41, 5.74) is 1.12. The van der Waals surface area contributed by atoms with Gasteiger partial charge in [-0.2, -0.15) is 0 Å². The highest BCUT2D eigenvalue weighted by Gasteiger charge is 2.70. The van der Waals surface area contributed by atoms with Crippen molar-refractivity contribution in [3.8, 4) is 5.75 Å². The van der Waals surface area contributed by atoms with Gasteiger partial charge in [-0.25, -0.2) is 4.90 Å². The number of carbonyl (C=O) groups excluding carboxylic acids is 4. The summed E-state index contributed by atoms with van der Waals surface area (Å²) in [5, 5.41) is 23.6. The van der Waals surface area contributed by atoms with Crippen molar-refractivity contribution in [2.24, 2.45) is 23.7 Å². The van der Waals surface area contributed by atoms with Gasteiger partial charge in [0.1, 0.15) is 5.75 Å². The quantitative estimate of drug-likeness (QED) is 0.0938. The van der Waals surface area contributed by atoms with E-state index in [0.29, 0.717) is 39.4 Å². The number of amides is 4. The fraction of sp³-hybridized carbons (Fsp3) is 0.220. The molecule has 4 amide bonds. The molecule has 11 heteroatoms. The summed E-state index contributed by atoms with van der Waals surface area (Å²) in [6, 6.07) is 26.2. The Morgan fingerprint density at radius 2 is 1.60 bits per heavy atom. The van der Waals surface area contributed by atoms with Gasteiger partial charge in [-0.3, -0.25) is 34.2 Å². The zero-order valence-electron chi connectivity index (χ0n) is 27.7. The number of benzene rings is 4. The summed E-state index contributed by atoms with van der Waals surface area (Å²) in [5.74, 6) is -6.05. The molecule has 3 fully saturated rings. The number of nitrogens with zero attached hydrogens (tertiary/aromatic N) is 3. The fourth-order valence-corrected chi connectivity index (χ4v) is 9.42. The number of rotatable bonds is 7. The van der Waals surface area contributed by atoms with Crippen LogP contribution in [0, 0.1) is 33.8 Å². The lowest BCUT2D eigenvalue weighted by atomic mass is 9.49. The lowest BCUT2D eigenvalue weighted by Gasteiger charge is -2.50. The largest absolute Gasteiger partial charge is 0.507 e. The number of fused-ring (bicyclic) bond motifs is 4. The van der Waals surface area contributed by atoms with Crippen molar-refractivity contribution in [2.45, 2.75) is 30.6 Å². The number of non-ortho nitro benzene ring substituents is 1. The van der Waals surface area contributed by atoms with Crippen molar-refractivity contribution in [3.63, 3.8) is 0 Å². The first-order valence-corrected chi connectivity index (χ1v) is 17.4. The summed E-state index contributed by atoms with van der Waals surface area (Å²) in [6.07, 6.45) is 4.20. The number of allylic oxidation sites excluding steroid dienone is 3. The number of imide groups is 2. The summed E-state index contributed by atoms with van der Waals surface area (Å²) in [4.78, 5) is 71.8. The predicted octanol–water partition coefficient (Wildman–Crippen LogP) is 7.05. The Kier molecular flexibility index (Phi) is 7.95. The van der Waals surface area contributed by atoms with E-state index in [2.05, 4.69) is 6.58 Å². The maximum Gasteiger partial charge on any atom is 0.269 e. The van der Waals surface area contributed by atoms with Crippen LogP contribution in [0.25, 0.3) is 0 Å². The zero-order valence-corrected chi connectivity index (χ0v) is 28.5. The number of halogens is 1. The second-order valence-electron chi connectivity index (χ2n) is 13.7. The van der Waals surface area contributed by atoms with Crippen LogP contribution in [0.15, 0.2) is 121 Å². The molecule has 8 rings (SSSR count). The molecule has 2 aliphatic heterocycles. The number of aromatic hydroxyl groups is 1. The third-order valence-electron chi connectivity index (χ3n) is 11.3. The van der Waals surface area contributed by atoms with E-state index < -0.39 is 63.6 Å². The molecule has 6 atom stereocenters.